The van der Waals surface area contributed by atoms with Crippen LogP contribution in [-0.4, -0.2) is 44.7 Å². The molecule has 2 atom stereocenters. The lowest BCUT2D eigenvalue weighted by atomic mass is 9.81. The molecule has 1 aliphatic rings. The van der Waals surface area contributed by atoms with Gasteiger partial charge in [0.05, 0.1) is 11.5 Å². The Bertz CT molecular complexity index is 987. The van der Waals surface area contributed by atoms with E-state index < -0.39 is 21.8 Å². The number of benzene rings is 2. The third-order valence-corrected chi connectivity index (χ3v) is 6.45. The van der Waals surface area contributed by atoms with Gasteiger partial charge in [0.15, 0.2) is 0 Å². The number of likely N-dealkylation sites (tertiary alicyclic amines) is 1. The van der Waals surface area contributed by atoms with Gasteiger partial charge in [0.25, 0.3) is 10.1 Å². The third-order valence-electron chi connectivity index (χ3n) is 5.15. The first-order chi connectivity index (χ1) is 14.5. The fourth-order valence-corrected chi connectivity index (χ4v) is 4.65. The molecule has 0 N–H and O–H groups in total. The molecule has 6 nitrogen and oxygen atoms in total. The Morgan fingerprint density at radius 3 is 2.35 bits per heavy atom. The summed E-state index contributed by atoms with van der Waals surface area (Å²) in [5.74, 6) is -0.718. The first-order valence-corrected chi connectivity index (χ1v) is 11.6. The Labute approximate surface area is 183 Å². The van der Waals surface area contributed by atoms with Crippen molar-refractivity contribution < 1.29 is 26.5 Å². The second kappa shape index (κ2) is 9.36. The van der Waals surface area contributed by atoms with Crippen LogP contribution < -0.4 is 0 Å². The molecule has 0 spiro atoms. The number of hydrogen-bond donors (Lipinski definition) is 0. The summed E-state index contributed by atoms with van der Waals surface area (Å²) >= 11 is 0. The molecule has 8 heteroatoms. The second-order valence-corrected chi connectivity index (χ2v) is 10.3. The molecule has 1 aliphatic heterocycles. The van der Waals surface area contributed by atoms with Crippen LogP contribution in [0.4, 0.5) is 9.18 Å². The van der Waals surface area contributed by atoms with Crippen molar-refractivity contribution in [2.24, 2.45) is 5.92 Å². The van der Waals surface area contributed by atoms with E-state index in [1.54, 1.807) is 56.0 Å². The molecular formula is C23H28FNO5S. The molecule has 3 rings (SSSR count). The summed E-state index contributed by atoms with van der Waals surface area (Å²) in [4.78, 5) is 14.2. The summed E-state index contributed by atoms with van der Waals surface area (Å²) in [7, 11) is -3.93. The number of piperidine rings is 1. The molecule has 1 amide bonds. The van der Waals surface area contributed by atoms with Gasteiger partial charge in [-0.15, -0.1) is 0 Å². The Morgan fingerprint density at radius 2 is 1.74 bits per heavy atom. The van der Waals surface area contributed by atoms with Gasteiger partial charge in [0.1, 0.15) is 11.4 Å². The fourth-order valence-electron chi connectivity index (χ4n) is 3.67. The van der Waals surface area contributed by atoms with Crippen molar-refractivity contribution in [3.63, 3.8) is 0 Å². The summed E-state index contributed by atoms with van der Waals surface area (Å²) < 4.78 is 49.4. The monoisotopic (exact) mass is 449 g/mol. The van der Waals surface area contributed by atoms with Gasteiger partial charge in [0.2, 0.25) is 0 Å². The van der Waals surface area contributed by atoms with E-state index in [4.69, 9.17) is 8.92 Å². The smallest absolute Gasteiger partial charge is 0.410 e. The zero-order valence-corrected chi connectivity index (χ0v) is 18.8. The predicted octanol–water partition coefficient (Wildman–Crippen LogP) is 4.57. The molecule has 1 heterocycles. The molecule has 1 saturated heterocycles. The Hall–Kier alpha value is -2.45. The van der Waals surface area contributed by atoms with Crippen LogP contribution in [0.5, 0.6) is 0 Å². The van der Waals surface area contributed by atoms with E-state index in [0.29, 0.717) is 13.0 Å². The molecule has 2 aromatic carbocycles. The second-order valence-electron chi connectivity index (χ2n) is 8.68. The summed E-state index contributed by atoms with van der Waals surface area (Å²) in [5, 5.41) is 0. The largest absolute Gasteiger partial charge is 0.444 e. The Balaban J connectivity index is 1.78. The number of nitrogens with zero attached hydrogens (tertiary/aromatic N) is 1. The van der Waals surface area contributed by atoms with Crippen LogP contribution in [0.25, 0.3) is 0 Å². The average molecular weight is 450 g/mol. The van der Waals surface area contributed by atoms with Crippen LogP contribution in [0.2, 0.25) is 0 Å². The highest BCUT2D eigenvalue weighted by molar-refractivity contribution is 7.86. The van der Waals surface area contributed by atoms with Crippen molar-refractivity contribution in [3.05, 3.63) is 66.0 Å². The minimum Gasteiger partial charge on any atom is -0.444 e. The molecule has 168 valence electrons. The van der Waals surface area contributed by atoms with Crippen LogP contribution in [0.3, 0.4) is 0 Å². The predicted molar refractivity (Wildman–Crippen MR) is 115 cm³/mol. The van der Waals surface area contributed by atoms with Crippen molar-refractivity contribution in [1.29, 1.82) is 0 Å². The lowest BCUT2D eigenvalue weighted by Crippen LogP contribution is -2.46. The molecule has 0 aromatic heterocycles. The van der Waals surface area contributed by atoms with E-state index in [9.17, 15) is 17.6 Å². The van der Waals surface area contributed by atoms with E-state index in [1.807, 2.05) is 0 Å². The molecule has 2 aromatic rings. The first-order valence-electron chi connectivity index (χ1n) is 10.2. The zero-order valence-electron chi connectivity index (χ0n) is 18.0. The topological polar surface area (TPSA) is 72.9 Å². The van der Waals surface area contributed by atoms with Gasteiger partial charge in [-0.1, -0.05) is 30.3 Å². The number of amides is 1. The number of ether oxygens (including phenoxy) is 1. The number of halogens is 1. The Morgan fingerprint density at radius 1 is 1.10 bits per heavy atom. The van der Waals surface area contributed by atoms with Crippen LogP contribution in [0.15, 0.2) is 59.5 Å². The highest BCUT2D eigenvalue weighted by Crippen LogP contribution is 2.34. The summed E-state index contributed by atoms with van der Waals surface area (Å²) in [6.07, 6.45) is 0.144. The van der Waals surface area contributed by atoms with Crippen LogP contribution >= 0.6 is 0 Å². The average Bonchev–Trinajstić information content (AvgIpc) is 2.72. The van der Waals surface area contributed by atoms with E-state index >= 15 is 0 Å². The lowest BCUT2D eigenvalue weighted by molar-refractivity contribution is 0.0114. The fraction of sp³-hybridized carbons (Fsp3) is 0.435. The summed E-state index contributed by atoms with van der Waals surface area (Å²) in [5.41, 5.74) is 0.254. The van der Waals surface area contributed by atoms with Crippen LogP contribution in [-0.2, 0) is 19.0 Å². The molecule has 1 fully saturated rings. The van der Waals surface area contributed by atoms with Gasteiger partial charge in [-0.3, -0.25) is 4.18 Å². The molecule has 0 aliphatic carbocycles. The van der Waals surface area contributed by atoms with Gasteiger partial charge < -0.3 is 9.64 Å². The van der Waals surface area contributed by atoms with E-state index in [2.05, 4.69) is 0 Å². The van der Waals surface area contributed by atoms with Gasteiger partial charge in [0, 0.05) is 19.0 Å². The Kier molecular flexibility index (Phi) is 7.01. The quantitative estimate of drug-likeness (QED) is 0.625. The first kappa shape index (κ1) is 23.2. The molecule has 31 heavy (non-hydrogen) atoms. The summed E-state index contributed by atoms with van der Waals surface area (Å²) in [6.45, 7) is 6.02. The van der Waals surface area contributed by atoms with Gasteiger partial charge in [-0.05, 0) is 62.9 Å². The summed E-state index contributed by atoms with van der Waals surface area (Å²) in [6, 6.07) is 14.1. The normalized spacial score (nSPS) is 19.8. The number of carbonyl (C=O) groups excluding carboxylic acids is 1. The maximum absolute atomic E-state index is 13.4. The molecule has 0 unspecified atom stereocenters. The van der Waals surface area contributed by atoms with Gasteiger partial charge >= 0.3 is 6.09 Å². The van der Waals surface area contributed by atoms with Crippen molar-refractivity contribution in [3.8, 4) is 0 Å². The maximum Gasteiger partial charge on any atom is 0.410 e. The highest BCUT2D eigenvalue weighted by atomic mass is 32.2. The molecule has 0 saturated carbocycles. The maximum atomic E-state index is 13.4. The van der Waals surface area contributed by atoms with Gasteiger partial charge in [-0.25, -0.2) is 9.18 Å². The minimum absolute atomic E-state index is 0.0770. The number of carbonyl (C=O) groups is 1. The number of rotatable bonds is 5. The molecular weight excluding hydrogens is 421 g/mol. The van der Waals surface area contributed by atoms with E-state index in [-0.39, 0.29) is 35.7 Å². The molecule has 0 radical (unpaired) electrons. The van der Waals surface area contributed by atoms with Crippen molar-refractivity contribution in [2.45, 2.75) is 43.6 Å². The highest BCUT2D eigenvalue weighted by Gasteiger charge is 2.35. The van der Waals surface area contributed by atoms with Crippen molar-refractivity contribution in [2.75, 3.05) is 19.7 Å². The van der Waals surface area contributed by atoms with Gasteiger partial charge in [-0.2, -0.15) is 8.42 Å². The molecule has 0 bridgehead atoms. The third kappa shape index (κ3) is 6.27. The van der Waals surface area contributed by atoms with Crippen molar-refractivity contribution in [1.82, 2.24) is 4.90 Å². The van der Waals surface area contributed by atoms with Crippen LogP contribution in [0, 0.1) is 11.7 Å². The lowest BCUT2D eigenvalue weighted by Gasteiger charge is -2.39. The standard InChI is InChI=1S/C23H28FNO5S/c1-23(2,3)30-22(26)25-14-13-21(17-9-11-19(24)12-10-17)18(15-25)16-29-31(27,28)20-7-5-4-6-8-20/h4-12,18,21H,13-16H2,1-3H3/t18-,21+/m0/s1. The SMILES string of the molecule is CC(C)(C)OC(=O)N1CC[C@H](c2ccc(F)cc2)[C@H](COS(=O)(=O)c2ccccc2)C1. The minimum atomic E-state index is -3.93. The zero-order chi connectivity index (χ0) is 22.6. The van der Waals surface area contributed by atoms with E-state index in [0.717, 1.165) is 5.56 Å². The van der Waals surface area contributed by atoms with E-state index in [1.165, 1.54) is 24.3 Å². The number of hydrogen-bond acceptors (Lipinski definition) is 5. The van der Waals surface area contributed by atoms with Crippen molar-refractivity contribution >= 4 is 16.2 Å². The van der Waals surface area contributed by atoms with Crippen LogP contribution in [0.1, 0.15) is 38.7 Å².